The van der Waals surface area contributed by atoms with Crippen molar-refractivity contribution in [1.82, 2.24) is 4.98 Å². The fourth-order valence-corrected chi connectivity index (χ4v) is 9.44. The van der Waals surface area contributed by atoms with Crippen LogP contribution in [0.2, 0.25) is 0 Å². The van der Waals surface area contributed by atoms with E-state index in [9.17, 15) is 10.2 Å². The van der Waals surface area contributed by atoms with E-state index in [1.165, 1.54) is 6.42 Å². The van der Waals surface area contributed by atoms with E-state index in [1.54, 1.807) is 0 Å². The van der Waals surface area contributed by atoms with Gasteiger partial charge in [-0.05, 0) is 98.5 Å². The van der Waals surface area contributed by atoms with Crippen molar-refractivity contribution < 1.29 is 10.2 Å². The highest BCUT2D eigenvalue weighted by Gasteiger charge is 2.68. The topological polar surface area (TPSA) is 65.4 Å². The van der Waals surface area contributed by atoms with Crippen LogP contribution in [0.5, 0.6) is 0 Å². The number of fused-ring (bicyclic) bond motifs is 5. The molecule has 5 rings (SSSR count). The molecule has 3 N–H and O–H groups in total. The summed E-state index contributed by atoms with van der Waals surface area (Å²) in [6.45, 7) is 16.2. The van der Waals surface area contributed by atoms with Crippen LogP contribution in [0, 0.1) is 53.3 Å². The molecule has 4 aliphatic rings. The molecule has 4 nitrogen and oxygen atoms in total. The first-order valence-electron chi connectivity index (χ1n) is 15.4. The number of hydrogen-bond donors (Lipinski definition) is 3. The Morgan fingerprint density at radius 1 is 0.974 bits per heavy atom. The predicted octanol–water partition coefficient (Wildman–Crippen LogP) is 7.32. The summed E-state index contributed by atoms with van der Waals surface area (Å²) in [5.41, 5.74) is -0.275. The Labute approximate surface area is 231 Å². The molecule has 0 amide bonds. The van der Waals surface area contributed by atoms with E-state index in [1.807, 2.05) is 25.1 Å². The zero-order valence-corrected chi connectivity index (χ0v) is 24.9. The summed E-state index contributed by atoms with van der Waals surface area (Å²) in [5.74, 6) is 3.66. The third-order valence-corrected chi connectivity index (χ3v) is 12.1. The quantitative estimate of drug-likeness (QED) is 0.344. The number of aliphatic hydroxyl groups is 2. The highest BCUT2D eigenvalue weighted by Crippen LogP contribution is 2.69. The maximum absolute atomic E-state index is 12.7. The van der Waals surface area contributed by atoms with Crippen molar-refractivity contribution in [1.29, 1.82) is 0 Å². The standard InChI is InChI=1S/C34H52N2O2/c1-22(2)23(3)11-12-24(4)27-13-14-28-31(27,6)17-16-29-32(7)18-15-26(37)21-33(32,19-20-34(28,29)38)36-30-10-8-9-25(5)35-30/h8-12,19-20,22-24,26-29,37-38H,13-18,21H2,1-7H3,(H,35,36)/b12-11+/t23-,24+,26-,27+,28+,29?,31+,32+,33+,34-/m0/s1. The lowest BCUT2D eigenvalue weighted by atomic mass is 9.42. The summed E-state index contributed by atoms with van der Waals surface area (Å²) in [5, 5.41) is 27.4. The van der Waals surface area contributed by atoms with E-state index in [0.717, 1.165) is 43.6 Å². The largest absolute Gasteiger partial charge is 0.393 e. The number of anilines is 1. The van der Waals surface area contributed by atoms with Gasteiger partial charge >= 0.3 is 0 Å². The van der Waals surface area contributed by atoms with E-state index < -0.39 is 11.1 Å². The Kier molecular flexibility index (Phi) is 7.17. The van der Waals surface area contributed by atoms with E-state index >= 15 is 0 Å². The summed E-state index contributed by atoms with van der Waals surface area (Å²) in [4.78, 5) is 4.77. The molecule has 1 heterocycles. The molecule has 4 heteroatoms. The number of hydrogen-bond acceptors (Lipinski definition) is 4. The minimum absolute atomic E-state index is 0.135. The van der Waals surface area contributed by atoms with Crippen LogP contribution in [0.1, 0.15) is 92.2 Å². The van der Waals surface area contributed by atoms with Crippen molar-refractivity contribution in [2.45, 2.75) is 111 Å². The average molecular weight is 521 g/mol. The van der Waals surface area contributed by atoms with Gasteiger partial charge in [0.25, 0.3) is 0 Å². The SMILES string of the molecule is Cc1cccc(N[C@@]23C=C[C@@]4(O)C(CC[C@]5(C)[C@@H]([C@H](C)/C=C/[C@H](C)C(C)C)CC[C@H]54)[C@@]2(C)CC[C@H](O)C3)n1. The number of rotatable bonds is 6. The maximum atomic E-state index is 12.7. The number of aromatic nitrogens is 1. The molecule has 210 valence electrons. The number of pyridine rings is 1. The molecule has 0 aromatic carbocycles. The molecule has 3 saturated carbocycles. The second-order valence-corrected chi connectivity index (χ2v) is 14.5. The van der Waals surface area contributed by atoms with Gasteiger partial charge in [-0.15, -0.1) is 0 Å². The van der Waals surface area contributed by atoms with E-state index in [-0.39, 0.29) is 28.8 Å². The van der Waals surface area contributed by atoms with Gasteiger partial charge in [-0.3, -0.25) is 0 Å². The number of aryl methyl sites for hydroxylation is 1. The summed E-state index contributed by atoms with van der Waals surface area (Å²) in [6, 6.07) is 6.10. The van der Waals surface area contributed by atoms with Crippen LogP contribution in [0.15, 0.2) is 42.5 Å². The van der Waals surface area contributed by atoms with Gasteiger partial charge in [0.2, 0.25) is 0 Å². The Hall–Kier alpha value is -1.65. The second-order valence-electron chi connectivity index (χ2n) is 14.5. The second kappa shape index (κ2) is 9.77. The Bertz CT molecular complexity index is 1080. The van der Waals surface area contributed by atoms with Gasteiger partial charge < -0.3 is 15.5 Å². The molecule has 0 saturated heterocycles. The summed E-state index contributed by atoms with van der Waals surface area (Å²) in [6.07, 6.45) is 15.8. The lowest BCUT2D eigenvalue weighted by Gasteiger charge is -2.66. The molecular formula is C34H52N2O2. The smallest absolute Gasteiger partial charge is 0.126 e. The third kappa shape index (κ3) is 4.29. The predicted molar refractivity (Wildman–Crippen MR) is 157 cm³/mol. The molecule has 0 spiro atoms. The van der Waals surface area contributed by atoms with Crippen molar-refractivity contribution in [2.24, 2.45) is 46.3 Å². The van der Waals surface area contributed by atoms with Crippen molar-refractivity contribution >= 4 is 5.82 Å². The van der Waals surface area contributed by atoms with Gasteiger partial charge in [0.15, 0.2) is 0 Å². The zero-order valence-electron chi connectivity index (χ0n) is 24.9. The monoisotopic (exact) mass is 520 g/mol. The highest BCUT2D eigenvalue weighted by molar-refractivity contribution is 5.46. The fraction of sp³-hybridized carbons (Fsp3) is 0.735. The Morgan fingerprint density at radius 3 is 2.45 bits per heavy atom. The minimum atomic E-state index is -0.807. The average Bonchev–Trinajstić information content (AvgIpc) is 3.22. The molecule has 38 heavy (non-hydrogen) atoms. The Morgan fingerprint density at radius 2 is 1.74 bits per heavy atom. The minimum Gasteiger partial charge on any atom is -0.393 e. The molecule has 4 aliphatic carbocycles. The number of allylic oxidation sites excluding steroid dienone is 2. The van der Waals surface area contributed by atoms with Gasteiger partial charge in [-0.2, -0.15) is 0 Å². The lowest BCUT2D eigenvalue weighted by Crippen LogP contribution is -2.69. The molecule has 1 aromatic heterocycles. The molecular weight excluding hydrogens is 468 g/mol. The van der Waals surface area contributed by atoms with Crippen LogP contribution >= 0.6 is 0 Å². The first-order valence-corrected chi connectivity index (χ1v) is 15.4. The highest BCUT2D eigenvalue weighted by atomic mass is 16.3. The van der Waals surface area contributed by atoms with Crippen LogP contribution in [0.3, 0.4) is 0 Å². The van der Waals surface area contributed by atoms with Gasteiger partial charge in [-0.25, -0.2) is 4.98 Å². The number of nitrogens with zero attached hydrogens (tertiary/aromatic N) is 1. The summed E-state index contributed by atoms with van der Waals surface area (Å²) >= 11 is 0. The first-order chi connectivity index (χ1) is 17.8. The molecule has 3 fully saturated rings. The fourth-order valence-electron chi connectivity index (χ4n) is 9.44. The van der Waals surface area contributed by atoms with Crippen LogP contribution in [0.25, 0.3) is 0 Å². The Balaban J connectivity index is 1.48. The van der Waals surface area contributed by atoms with Crippen molar-refractivity contribution in [3.05, 3.63) is 48.2 Å². The van der Waals surface area contributed by atoms with Crippen molar-refractivity contribution in [3.63, 3.8) is 0 Å². The van der Waals surface area contributed by atoms with E-state index in [0.29, 0.717) is 30.1 Å². The van der Waals surface area contributed by atoms with E-state index in [2.05, 4.69) is 71.2 Å². The van der Waals surface area contributed by atoms with Gasteiger partial charge in [0.05, 0.1) is 17.2 Å². The number of aliphatic hydroxyl groups excluding tert-OH is 1. The van der Waals surface area contributed by atoms with Crippen molar-refractivity contribution in [3.8, 4) is 0 Å². The molecule has 1 aromatic rings. The van der Waals surface area contributed by atoms with E-state index in [4.69, 9.17) is 4.98 Å². The van der Waals surface area contributed by atoms with Gasteiger partial charge in [0.1, 0.15) is 5.82 Å². The van der Waals surface area contributed by atoms with Crippen molar-refractivity contribution in [2.75, 3.05) is 5.32 Å². The summed E-state index contributed by atoms with van der Waals surface area (Å²) < 4.78 is 0. The molecule has 1 unspecified atom stereocenters. The van der Waals surface area contributed by atoms with Gasteiger partial charge in [0, 0.05) is 17.5 Å². The lowest BCUT2D eigenvalue weighted by molar-refractivity contribution is -0.177. The molecule has 0 bridgehead atoms. The molecule has 0 radical (unpaired) electrons. The zero-order chi connectivity index (χ0) is 27.5. The maximum Gasteiger partial charge on any atom is 0.126 e. The normalized spacial score (nSPS) is 43.9. The van der Waals surface area contributed by atoms with Crippen LogP contribution in [-0.4, -0.2) is 32.4 Å². The summed E-state index contributed by atoms with van der Waals surface area (Å²) in [7, 11) is 0. The van der Waals surface area contributed by atoms with Crippen LogP contribution in [-0.2, 0) is 0 Å². The van der Waals surface area contributed by atoms with Gasteiger partial charge in [-0.1, -0.05) is 71.9 Å². The third-order valence-electron chi connectivity index (χ3n) is 12.1. The van der Waals surface area contributed by atoms with Crippen LogP contribution in [0.4, 0.5) is 5.82 Å². The van der Waals surface area contributed by atoms with Crippen LogP contribution < -0.4 is 5.32 Å². The molecule has 0 aliphatic heterocycles. The molecule has 10 atom stereocenters. The first kappa shape index (κ1) is 27.9. The number of nitrogens with one attached hydrogen (secondary N) is 1.